The van der Waals surface area contributed by atoms with Crippen LogP contribution in [0.3, 0.4) is 0 Å². The van der Waals surface area contributed by atoms with Crippen molar-refractivity contribution in [1.82, 2.24) is 9.13 Å². The largest absolute Gasteiger partial charge is 0.497 e. The van der Waals surface area contributed by atoms with Crippen LogP contribution >= 0.6 is 0 Å². The predicted octanol–water partition coefficient (Wildman–Crippen LogP) is 7.98. The summed E-state index contributed by atoms with van der Waals surface area (Å²) in [5.41, 5.74) is 8.85. The maximum atomic E-state index is 5.85. The second-order valence-electron chi connectivity index (χ2n) is 11.5. The molecule has 0 saturated heterocycles. The van der Waals surface area contributed by atoms with Gasteiger partial charge in [-0.2, -0.15) is 0 Å². The fraction of sp³-hybridized carbons (Fsp3) is 0.355. The lowest BCUT2D eigenvalue weighted by Gasteiger charge is -2.25. The van der Waals surface area contributed by atoms with E-state index in [1.54, 1.807) is 7.11 Å². The van der Waals surface area contributed by atoms with Crippen molar-refractivity contribution < 1.29 is 4.74 Å². The zero-order valence-electron chi connectivity index (χ0n) is 21.6. The number of benzene rings is 2. The summed E-state index contributed by atoms with van der Waals surface area (Å²) < 4.78 is 10.7. The summed E-state index contributed by atoms with van der Waals surface area (Å²) in [5.74, 6) is 0.868. The molecule has 3 heteroatoms. The summed E-state index contributed by atoms with van der Waals surface area (Å²) in [4.78, 5) is 0. The Balaban J connectivity index is 1.82. The zero-order valence-corrected chi connectivity index (χ0v) is 21.6. The van der Waals surface area contributed by atoms with Crippen LogP contribution in [0.5, 0.6) is 5.75 Å². The van der Waals surface area contributed by atoms with Gasteiger partial charge in [0.05, 0.1) is 24.0 Å². The van der Waals surface area contributed by atoms with Gasteiger partial charge in [-0.1, -0.05) is 65.8 Å². The van der Waals surface area contributed by atoms with Crippen molar-refractivity contribution in [3.8, 4) is 17.1 Å². The number of methoxy groups -OCH3 is 1. The van der Waals surface area contributed by atoms with Crippen LogP contribution in [0.1, 0.15) is 70.6 Å². The lowest BCUT2D eigenvalue weighted by atomic mass is 9.91. The molecular formula is C31H36N2O. The van der Waals surface area contributed by atoms with Crippen molar-refractivity contribution in [3.05, 3.63) is 83.3 Å². The highest BCUT2D eigenvalue weighted by molar-refractivity contribution is 5.84. The van der Waals surface area contributed by atoms with Crippen molar-refractivity contribution in [2.45, 2.75) is 65.2 Å². The van der Waals surface area contributed by atoms with Gasteiger partial charge in [-0.25, -0.2) is 0 Å². The van der Waals surface area contributed by atoms with E-state index in [-0.39, 0.29) is 10.8 Å². The summed E-state index contributed by atoms with van der Waals surface area (Å²) in [6.45, 7) is 13.7. The maximum absolute atomic E-state index is 5.85. The van der Waals surface area contributed by atoms with Gasteiger partial charge in [-0.05, 0) is 48.7 Å². The highest BCUT2D eigenvalue weighted by Crippen LogP contribution is 2.38. The van der Waals surface area contributed by atoms with E-state index >= 15 is 0 Å². The molecule has 0 saturated carbocycles. The fourth-order valence-corrected chi connectivity index (χ4v) is 5.15. The third-order valence-electron chi connectivity index (χ3n) is 6.85. The highest BCUT2D eigenvalue weighted by atomic mass is 16.5. The molecule has 0 atom stereocenters. The molecule has 2 heterocycles. The van der Waals surface area contributed by atoms with Crippen molar-refractivity contribution in [2.75, 3.05) is 7.11 Å². The quantitative estimate of drug-likeness (QED) is 0.308. The standard InChI is InChI=1S/C31H36N2O/c1-30(2,3)28-16-21-12-8-10-14-26(21)32(28)23-18-24(20-25(19-23)34-7)33-27-15-11-9-13-22(27)17-29(33)31(4,5)6/h8,10-12,14-20H,9,13H2,1-7H3. The number of aromatic nitrogens is 2. The van der Waals surface area contributed by atoms with Crippen LogP contribution in [0.4, 0.5) is 0 Å². The number of ether oxygens (including phenoxy) is 1. The molecule has 5 rings (SSSR count). The van der Waals surface area contributed by atoms with Crippen molar-refractivity contribution in [1.29, 1.82) is 0 Å². The van der Waals surface area contributed by atoms with Crippen LogP contribution in [0.15, 0.2) is 60.7 Å². The molecule has 1 aliphatic rings. The molecule has 2 aromatic heterocycles. The van der Waals surface area contributed by atoms with Gasteiger partial charge in [-0.3, -0.25) is 0 Å². The molecule has 0 N–H and O–H groups in total. The molecule has 0 unspecified atom stereocenters. The molecule has 0 bridgehead atoms. The van der Waals surface area contributed by atoms with Gasteiger partial charge in [0.2, 0.25) is 0 Å². The lowest BCUT2D eigenvalue weighted by molar-refractivity contribution is 0.414. The molecule has 0 fully saturated rings. The summed E-state index contributed by atoms with van der Waals surface area (Å²) in [6.07, 6.45) is 6.78. The van der Waals surface area contributed by atoms with Gasteiger partial charge in [0.25, 0.3) is 0 Å². The SMILES string of the molecule is COc1cc(-n2c(C(C)(C)C)cc3c2C=CCC3)cc(-n2c(C(C)(C)C)cc3ccccc32)c1. The minimum Gasteiger partial charge on any atom is -0.497 e. The molecule has 4 aromatic rings. The van der Waals surface area contributed by atoms with E-state index in [0.717, 1.165) is 30.0 Å². The number of nitrogens with zero attached hydrogens (tertiary/aromatic N) is 2. The summed E-state index contributed by atoms with van der Waals surface area (Å²) in [5, 5.41) is 1.26. The van der Waals surface area contributed by atoms with E-state index in [9.17, 15) is 0 Å². The highest BCUT2D eigenvalue weighted by Gasteiger charge is 2.26. The Morgan fingerprint density at radius 1 is 0.765 bits per heavy atom. The third kappa shape index (κ3) is 3.77. The number of allylic oxidation sites excluding steroid dienone is 1. The monoisotopic (exact) mass is 452 g/mol. The smallest absolute Gasteiger partial charge is 0.123 e. The lowest BCUT2D eigenvalue weighted by Crippen LogP contribution is -2.18. The van der Waals surface area contributed by atoms with Gasteiger partial charge in [0.15, 0.2) is 0 Å². The van der Waals surface area contributed by atoms with Gasteiger partial charge in [0, 0.05) is 45.4 Å². The summed E-state index contributed by atoms with van der Waals surface area (Å²) in [6, 6.07) is 20.0. The van der Waals surface area contributed by atoms with Crippen LogP contribution in [0.25, 0.3) is 28.4 Å². The normalized spacial score (nSPS) is 14.0. The Labute approximate surface area is 203 Å². The van der Waals surface area contributed by atoms with Crippen LogP contribution in [0.2, 0.25) is 0 Å². The number of fused-ring (bicyclic) bond motifs is 2. The number of rotatable bonds is 3. The van der Waals surface area contributed by atoms with Crippen molar-refractivity contribution in [2.24, 2.45) is 0 Å². The second kappa shape index (κ2) is 7.94. The Bertz CT molecular complexity index is 1400. The molecule has 0 aliphatic heterocycles. The molecule has 0 amide bonds. The second-order valence-corrected chi connectivity index (χ2v) is 11.5. The number of hydrogen-bond acceptors (Lipinski definition) is 1. The molecular weight excluding hydrogens is 416 g/mol. The van der Waals surface area contributed by atoms with Crippen molar-refractivity contribution in [3.63, 3.8) is 0 Å². The molecule has 0 spiro atoms. The molecule has 2 aromatic carbocycles. The minimum absolute atomic E-state index is 0.00577. The first-order valence-corrected chi connectivity index (χ1v) is 12.3. The predicted molar refractivity (Wildman–Crippen MR) is 144 cm³/mol. The van der Waals surface area contributed by atoms with Gasteiger partial charge in [-0.15, -0.1) is 0 Å². The average Bonchev–Trinajstić information content (AvgIpc) is 3.38. The zero-order chi connectivity index (χ0) is 24.3. The average molecular weight is 453 g/mol. The molecule has 176 valence electrons. The van der Waals surface area contributed by atoms with E-state index in [1.807, 2.05) is 0 Å². The molecule has 34 heavy (non-hydrogen) atoms. The van der Waals surface area contributed by atoms with Crippen LogP contribution in [-0.2, 0) is 17.3 Å². The summed E-state index contributed by atoms with van der Waals surface area (Å²) in [7, 11) is 1.76. The fourth-order valence-electron chi connectivity index (χ4n) is 5.15. The number of aryl methyl sites for hydroxylation is 1. The van der Waals surface area contributed by atoms with Gasteiger partial charge in [0.1, 0.15) is 5.75 Å². The Hall–Kier alpha value is -3.20. The topological polar surface area (TPSA) is 19.1 Å². The molecule has 3 nitrogen and oxygen atoms in total. The van der Waals surface area contributed by atoms with E-state index in [1.165, 1.54) is 33.5 Å². The third-order valence-corrected chi connectivity index (χ3v) is 6.85. The van der Waals surface area contributed by atoms with E-state index in [2.05, 4.69) is 117 Å². The first-order chi connectivity index (χ1) is 16.1. The first kappa shape index (κ1) is 22.6. The van der Waals surface area contributed by atoms with Gasteiger partial charge >= 0.3 is 0 Å². The number of para-hydroxylation sites is 1. The molecule has 1 aliphatic carbocycles. The van der Waals surface area contributed by atoms with E-state index < -0.39 is 0 Å². The van der Waals surface area contributed by atoms with Gasteiger partial charge < -0.3 is 13.9 Å². The van der Waals surface area contributed by atoms with E-state index in [4.69, 9.17) is 4.74 Å². The summed E-state index contributed by atoms with van der Waals surface area (Å²) >= 11 is 0. The minimum atomic E-state index is -0.00577. The van der Waals surface area contributed by atoms with Crippen LogP contribution in [0, 0.1) is 0 Å². The van der Waals surface area contributed by atoms with E-state index in [0.29, 0.717) is 0 Å². The van der Waals surface area contributed by atoms with Crippen LogP contribution in [-0.4, -0.2) is 16.2 Å². The molecule has 0 radical (unpaired) electrons. The Morgan fingerprint density at radius 2 is 1.41 bits per heavy atom. The van der Waals surface area contributed by atoms with Crippen molar-refractivity contribution >= 4 is 17.0 Å². The maximum Gasteiger partial charge on any atom is 0.123 e. The number of hydrogen-bond donors (Lipinski definition) is 0. The Kier molecular flexibility index (Phi) is 5.27. The van der Waals surface area contributed by atoms with Crippen LogP contribution < -0.4 is 4.74 Å². The first-order valence-electron chi connectivity index (χ1n) is 12.3. The Morgan fingerprint density at radius 3 is 2.09 bits per heavy atom.